The summed E-state index contributed by atoms with van der Waals surface area (Å²) in [6, 6.07) is 16.0. The van der Waals surface area contributed by atoms with Crippen LogP contribution in [0.4, 0.5) is 0 Å². The smallest absolute Gasteiger partial charge is 0.255 e. The molecule has 20 heavy (non-hydrogen) atoms. The molecule has 1 aromatic heterocycles. The van der Waals surface area contributed by atoms with E-state index in [2.05, 4.69) is 29.6 Å². The van der Waals surface area contributed by atoms with Crippen LogP contribution in [0.2, 0.25) is 0 Å². The number of nitrogens with one attached hydrogen (secondary N) is 1. The lowest BCUT2D eigenvalue weighted by Crippen LogP contribution is -2.26. The lowest BCUT2D eigenvalue weighted by molar-refractivity contribution is 0.0939. The van der Waals surface area contributed by atoms with Gasteiger partial charge in [-0.15, -0.1) is 0 Å². The van der Waals surface area contributed by atoms with Crippen molar-refractivity contribution in [3.05, 3.63) is 72.2 Å². The highest BCUT2D eigenvalue weighted by atomic mass is 16.3. The Kier molecular flexibility index (Phi) is 3.25. The predicted molar refractivity (Wildman–Crippen MR) is 78.5 cm³/mol. The summed E-state index contributed by atoms with van der Waals surface area (Å²) in [5, 5.41) is 5.34. The third kappa shape index (κ3) is 2.43. The SMILES string of the molecule is CC(NC(=O)c1ccoc1)c1ccc2ccccc2c1. The fraction of sp³-hybridized carbons (Fsp3) is 0.118. The van der Waals surface area contributed by atoms with Gasteiger partial charge in [-0.25, -0.2) is 0 Å². The number of rotatable bonds is 3. The normalized spacial score (nSPS) is 12.2. The standard InChI is InChI=1S/C17H15NO2/c1-12(18-17(19)16-8-9-20-11-16)14-7-6-13-4-2-3-5-15(13)10-14/h2-12H,1H3,(H,18,19). The third-order valence-corrected chi connectivity index (χ3v) is 3.40. The minimum atomic E-state index is -0.126. The molecule has 2 aromatic carbocycles. The molecule has 3 rings (SSSR count). The molecule has 0 saturated carbocycles. The molecule has 0 aliphatic heterocycles. The van der Waals surface area contributed by atoms with Gasteiger partial charge in [-0.3, -0.25) is 4.79 Å². The van der Waals surface area contributed by atoms with E-state index in [0.717, 1.165) is 5.56 Å². The molecule has 1 heterocycles. The van der Waals surface area contributed by atoms with Crippen molar-refractivity contribution in [2.75, 3.05) is 0 Å². The van der Waals surface area contributed by atoms with E-state index in [9.17, 15) is 4.79 Å². The van der Waals surface area contributed by atoms with Crippen molar-refractivity contribution < 1.29 is 9.21 Å². The lowest BCUT2D eigenvalue weighted by atomic mass is 10.0. The Bertz CT molecular complexity index is 732. The van der Waals surface area contributed by atoms with Crippen molar-refractivity contribution in [2.24, 2.45) is 0 Å². The van der Waals surface area contributed by atoms with E-state index in [4.69, 9.17) is 4.42 Å². The molecule has 0 spiro atoms. The van der Waals surface area contributed by atoms with E-state index in [0.29, 0.717) is 5.56 Å². The van der Waals surface area contributed by atoms with Gasteiger partial charge in [0, 0.05) is 0 Å². The second-order valence-electron chi connectivity index (χ2n) is 4.81. The third-order valence-electron chi connectivity index (χ3n) is 3.40. The fourth-order valence-electron chi connectivity index (χ4n) is 2.23. The van der Waals surface area contributed by atoms with Crippen LogP contribution in [0.15, 0.2) is 65.5 Å². The Balaban J connectivity index is 1.81. The van der Waals surface area contributed by atoms with Gasteiger partial charge in [0.05, 0.1) is 17.9 Å². The van der Waals surface area contributed by atoms with Gasteiger partial charge in [0.2, 0.25) is 0 Å². The van der Waals surface area contributed by atoms with Crippen LogP contribution in [-0.4, -0.2) is 5.91 Å². The summed E-state index contributed by atoms with van der Waals surface area (Å²) in [6.07, 6.45) is 2.94. The topological polar surface area (TPSA) is 42.2 Å². The first-order chi connectivity index (χ1) is 9.74. The zero-order valence-electron chi connectivity index (χ0n) is 11.2. The van der Waals surface area contributed by atoms with Crippen molar-refractivity contribution in [3.8, 4) is 0 Å². The van der Waals surface area contributed by atoms with E-state index in [1.165, 1.54) is 23.3 Å². The van der Waals surface area contributed by atoms with Crippen LogP contribution < -0.4 is 5.32 Å². The summed E-state index contributed by atoms with van der Waals surface area (Å²) in [6.45, 7) is 1.97. The highest BCUT2D eigenvalue weighted by Gasteiger charge is 2.12. The second kappa shape index (κ2) is 5.21. The first kappa shape index (κ1) is 12.5. The van der Waals surface area contributed by atoms with Crippen LogP contribution in [0.25, 0.3) is 10.8 Å². The van der Waals surface area contributed by atoms with E-state index in [-0.39, 0.29) is 11.9 Å². The largest absolute Gasteiger partial charge is 0.472 e. The van der Waals surface area contributed by atoms with Gasteiger partial charge in [0.1, 0.15) is 6.26 Å². The second-order valence-corrected chi connectivity index (χ2v) is 4.81. The van der Waals surface area contributed by atoms with Gasteiger partial charge >= 0.3 is 0 Å². The van der Waals surface area contributed by atoms with Crippen LogP contribution in [0.1, 0.15) is 28.9 Å². The van der Waals surface area contributed by atoms with Gasteiger partial charge in [0.15, 0.2) is 0 Å². The van der Waals surface area contributed by atoms with E-state index < -0.39 is 0 Å². The zero-order chi connectivity index (χ0) is 13.9. The number of hydrogen-bond donors (Lipinski definition) is 1. The number of fused-ring (bicyclic) bond motifs is 1. The van der Waals surface area contributed by atoms with Crippen molar-refractivity contribution >= 4 is 16.7 Å². The summed E-state index contributed by atoms with van der Waals surface area (Å²) in [5.41, 5.74) is 1.62. The molecular formula is C17H15NO2. The van der Waals surface area contributed by atoms with E-state index in [1.807, 2.05) is 25.1 Å². The van der Waals surface area contributed by atoms with E-state index >= 15 is 0 Å². The van der Waals surface area contributed by atoms with E-state index in [1.54, 1.807) is 6.07 Å². The number of hydrogen-bond acceptors (Lipinski definition) is 2. The minimum Gasteiger partial charge on any atom is -0.472 e. The van der Waals surface area contributed by atoms with Crippen LogP contribution in [0.5, 0.6) is 0 Å². The van der Waals surface area contributed by atoms with Gasteiger partial charge < -0.3 is 9.73 Å². The molecule has 1 unspecified atom stereocenters. The maximum absolute atomic E-state index is 12.0. The van der Waals surface area contributed by atoms with Gasteiger partial charge in [-0.2, -0.15) is 0 Å². The highest BCUT2D eigenvalue weighted by molar-refractivity contribution is 5.94. The number of furan rings is 1. The lowest BCUT2D eigenvalue weighted by Gasteiger charge is -2.14. The molecule has 100 valence electrons. The Morgan fingerprint density at radius 2 is 1.90 bits per heavy atom. The highest BCUT2D eigenvalue weighted by Crippen LogP contribution is 2.20. The van der Waals surface area contributed by atoms with Crippen LogP contribution in [0.3, 0.4) is 0 Å². The van der Waals surface area contributed by atoms with Gasteiger partial charge in [-0.1, -0.05) is 36.4 Å². The minimum absolute atomic E-state index is 0.0537. The van der Waals surface area contributed by atoms with Crippen molar-refractivity contribution in [3.63, 3.8) is 0 Å². The molecule has 3 aromatic rings. The summed E-state index contributed by atoms with van der Waals surface area (Å²) < 4.78 is 4.92. The summed E-state index contributed by atoms with van der Waals surface area (Å²) in [5.74, 6) is -0.126. The van der Waals surface area contributed by atoms with Crippen molar-refractivity contribution in [1.82, 2.24) is 5.32 Å². The molecule has 0 saturated heterocycles. The van der Waals surface area contributed by atoms with Crippen LogP contribution in [0, 0.1) is 0 Å². The fourth-order valence-corrected chi connectivity index (χ4v) is 2.23. The summed E-state index contributed by atoms with van der Waals surface area (Å²) >= 11 is 0. The molecule has 1 amide bonds. The maximum Gasteiger partial charge on any atom is 0.255 e. The van der Waals surface area contributed by atoms with Crippen LogP contribution in [-0.2, 0) is 0 Å². The summed E-state index contributed by atoms with van der Waals surface area (Å²) in [4.78, 5) is 12.0. The van der Waals surface area contributed by atoms with Gasteiger partial charge in [-0.05, 0) is 35.4 Å². The summed E-state index contributed by atoms with van der Waals surface area (Å²) in [7, 11) is 0. The monoisotopic (exact) mass is 265 g/mol. The molecule has 3 heteroatoms. The van der Waals surface area contributed by atoms with Crippen molar-refractivity contribution in [2.45, 2.75) is 13.0 Å². The average molecular weight is 265 g/mol. The molecule has 0 radical (unpaired) electrons. The number of benzene rings is 2. The molecular weight excluding hydrogens is 250 g/mol. The molecule has 0 aliphatic rings. The molecule has 1 N–H and O–H groups in total. The zero-order valence-corrected chi connectivity index (χ0v) is 11.2. The Hall–Kier alpha value is -2.55. The number of carbonyl (C=O) groups is 1. The Morgan fingerprint density at radius 1 is 1.10 bits per heavy atom. The molecule has 1 atom stereocenters. The molecule has 0 aliphatic carbocycles. The maximum atomic E-state index is 12.0. The predicted octanol–water partition coefficient (Wildman–Crippen LogP) is 3.92. The van der Waals surface area contributed by atoms with Crippen molar-refractivity contribution in [1.29, 1.82) is 0 Å². The number of carbonyl (C=O) groups excluding carboxylic acids is 1. The Labute approximate surface area is 117 Å². The number of amides is 1. The molecule has 0 fully saturated rings. The quantitative estimate of drug-likeness (QED) is 0.779. The van der Waals surface area contributed by atoms with Crippen LogP contribution >= 0.6 is 0 Å². The first-order valence-electron chi connectivity index (χ1n) is 6.56. The molecule has 3 nitrogen and oxygen atoms in total. The van der Waals surface area contributed by atoms with Gasteiger partial charge in [0.25, 0.3) is 5.91 Å². The average Bonchev–Trinajstić information content (AvgIpc) is 3.01. The molecule has 0 bridgehead atoms. The first-order valence-corrected chi connectivity index (χ1v) is 6.56. The Morgan fingerprint density at radius 3 is 2.65 bits per heavy atom.